The van der Waals surface area contributed by atoms with E-state index in [-0.39, 0.29) is 70.7 Å². The van der Waals surface area contributed by atoms with Crippen LogP contribution < -0.4 is 75.7 Å². The first-order valence-corrected chi connectivity index (χ1v) is 29.6. The average Bonchev–Trinajstić information content (AvgIpc) is 4.26. The maximum absolute atomic E-state index is 10.1. The molecule has 3 aliphatic rings. The van der Waals surface area contributed by atoms with Gasteiger partial charge in [-0.1, -0.05) is 99.0 Å². The van der Waals surface area contributed by atoms with Gasteiger partial charge in [-0.3, -0.25) is 4.99 Å². The third-order valence-corrected chi connectivity index (χ3v) is 14.7. The van der Waals surface area contributed by atoms with Crippen LogP contribution in [0.25, 0.3) is 10.5 Å². The molecule has 22 heteroatoms. The van der Waals surface area contributed by atoms with Crippen LogP contribution in [0.1, 0.15) is 122 Å². The molecule has 0 saturated heterocycles. The van der Waals surface area contributed by atoms with Crippen molar-refractivity contribution in [3.63, 3.8) is 0 Å². The number of aromatic nitrogens is 2. The quantitative estimate of drug-likeness (QED) is 0.0283. The van der Waals surface area contributed by atoms with Crippen molar-refractivity contribution >= 4 is 141 Å². The van der Waals surface area contributed by atoms with Gasteiger partial charge in [0, 0.05) is 31.8 Å². The Labute approximate surface area is 568 Å². The second-order valence-corrected chi connectivity index (χ2v) is 24.0. The summed E-state index contributed by atoms with van der Waals surface area (Å²) in [5.74, 6) is 1.63. The van der Waals surface area contributed by atoms with Crippen LogP contribution in [-0.2, 0) is 16.1 Å². The summed E-state index contributed by atoms with van der Waals surface area (Å²) in [5.41, 5.74) is 16.1. The van der Waals surface area contributed by atoms with Gasteiger partial charge in [0.05, 0.1) is 41.1 Å². The second-order valence-electron chi connectivity index (χ2n) is 18.5. The SMILES string of the molecule is CC(C#N)(N=Nc1ccc(I)cc1)C1CCCC1.CC(C)(C)[O-].N#CC(=NCc1ccc(I)cc1)C1CCCC1.N#CCBr.Nc1ccc(I)cc1.O=C=O.[C-]#[N+]c1c(N)c(C2CCCC2)nn1-c1ccc(I)cc1.[Na+].[Na+].[OH-]. The van der Waals surface area contributed by atoms with Crippen molar-refractivity contribution in [2.45, 2.75) is 128 Å². The van der Waals surface area contributed by atoms with Crippen molar-refractivity contribution in [2.24, 2.45) is 27.1 Å². The number of azo groups is 1. The van der Waals surface area contributed by atoms with Crippen LogP contribution in [0.4, 0.5) is 22.9 Å². The number of nitrogens with zero attached hydrogens (tertiary/aromatic N) is 9. The Morgan fingerprint density at radius 3 is 1.58 bits per heavy atom. The molecular formula is C56H64BrI4N11Na2O4. The van der Waals surface area contributed by atoms with Gasteiger partial charge in [0.15, 0.2) is 5.54 Å². The number of hydrogen-bond donors (Lipinski definition) is 2. The number of aliphatic imine (C=N–C) groups is 1. The molecule has 0 aliphatic heterocycles. The maximum atomic E-state index is 10.1. The van der Waals surface area contributed by atoms with E-state index in [1.54, 1.807) is 25.5 Å². The van der Waals surface area contributed by atoms with E-state index in [0.717, 1.165) is 70.6 Å². The number of halogens is 5. The smallest absolute Gasteiger partial charge is 0.870 e. The van der Waals surface area contributed by atoms with Crippen molar-refractivity contribution in [3.8, 4) is 23.9 Å². The molecule has 404 valence electrons. The Balaban J connectivity index is 0. The Morgan fingerprint density at radius 2 is 1.17 bits per heavy atom. The molecule has 3 aliphatic carbocycles. The summed E-state index contributed by atoms with van der Waals surface area (Å²) in [4.78, 5) is 24.3. The number of benzene rings is 4. The van der Waals surface area contributed by atoms with E-state index in [0.29, 0.717) is 41.1 Å². The van der Waals surface area contributed by atoms with Crippen LogP contribution in [0.3, 0.4) is 0 Å². The number of hydrogen-bond acceptors (Lipinski definition) is 13. The van der Waals surface area contributed by atoms with Crippen molar-refractivity contribution in [1.29, 1.82) is 15.8 Å². The largest absolute Gasteiger partial charge is 1.00 e. The first-order valence-electron chi connectivity index (χ1n) is 24.2. The van der Waals surface area contributed by atoms with Gasteiger partial charge in [0.1, 0.15) is 17.5 Å². The van der Waals surface area contributed by atoms with Gasteiger partial charge in [-0.2, -0.15) is 40.3 Å². The third kappa shape index (κ3) is 31.2. The molecule has 3 fully saturated rings. The van der Waals surface area contributed by atoms with Crippen LogP contribution in [0.15, 0.2) is 112 Å². The van der Waals surface area contributed by atoms with E-state index >= 15 is 0 Å². The van der Waals surface area contributed by atoms with E-state index in [9.17, 15) is 10.4 Å². The molecule has 1 unspecified atom stereocenters. The van der Waals surface area contributed by atoms with Gasteiger partial charge in [0.25, 0.3) is 5.82 Å². The fourth-order valence-electron chi connectivity index (χ4n) is 7.84. The molecule has 1 heterocycles. The Morgan fingerprint density at radius 1 is 0.756 bits per heavy atom. The summed E-state index contributed by atoms with van der Waals surface area (Å²) < 4.78 is 6.46. The van der Waals surface area contributed by atoms with Gasteiger partial charge in [0.2, 0.25) is 0 Å². The minimum absolute atomic E-state index is 0. The summed E-state index contributed by atoms with van der Waals surface area (Å²) >= 11 is 11.9. The maximum Gasteiger partial charge on any atom is 1.00 e. The van der Waals surface area contributed by atoms with Gasteiger partial charge in [-0.15, -0.1) is 5.60 Å². The average molecular weight is 1590 g/mol. The topological polar surface area (TPSA) is 270 Å². The molecule has 4 aromatic carbocycles. The zero-order valence-electron chi connectivity index (χ0n) is 45.1. The standard InChI is InChI=1S/C15H15IN4.C14H16IN3.C14H15IN2.C6H6IN.C4H9O.C2H2BrN.CO2.2Na.H2O/c1-18-15-13(17)14(10-4-2-3-5-10)19-20(15)12-8-6-11(16)7-9-12;1-14(10-16,11-4-2-3-5-11)18-17-13-8-6-12(15)7-9-13;15-13-7-5-11(6-8-13)10-17-14(9-16)12-3-1-2-4-12;7-5-1-3-6(8)4-2-5;1-4(2,3)5;3-1-2-4;2-1-3;;;/h6-10H,2-5,17H2;6-9,11H,2-5H2,1H3;5-8,12H,1-4,10H2;1-4H,8H2;1-3H3;1H2;;;;1H2/q;;;;-1;;;2*+1;/p-1. The Bertz CT molecular complexity index is 2720. The molecule has 15 nitrogen and oxygen atoms in total. The van der Waals surface area contributed by atoms with Crippen LogP contribution in [0, 0.1) is 66.7 Å². The molecule has 5 aromatic rings. The molecule has 3 saturated carbocycles. The minimum Gasteiger partial charge on any atom is -0.870 e. The van der Waals surface area contributed by atoms with Crippen molar-refractivity contribution in [1.82, 2.24) is 9.78 Å². The fraction of sp³-hybridized carbons (Fsp3) is 0.411. The van der Waals surface area contributed by atoms with Crippen LogP contribution in [-0.4, -0.2) is 43.6 Å². The summed E-state index contributed by atoms with van der Waals surface area (Å²) in [6.45, 7) is 14.8. The summed E-state index contributed by atoms with van der Waals surface area (Å²) in [7, 11) is 0. The van der Waals surface area contributed by atoms with E-state index in [2.05, 4.69) is 168 Å². The van der Waals surface area contributed by atoms with Gasteiger partial charge in [-0.05, 0) is 232 Å². The van der Waals surface area contributed by atoms with Gasteiger partial charge in [-0.25, -0.2) is 0 Å². The predicted molar refractivity (Wildman–Crippen MR) is 335 cm³/mol. The fourth-order valence-corrected chi connectivity index (χ4v) is 9.28. The number of alkyl halides is 1. The predicted octanol–water partition coefficient (Wildman–Crippen LogP) is 9.23. The number of carbonyl (C=O) groups excluding carboxylic acids is 2. The molecule has 1 atom stereocenters. The van der Waals surface area contributed by atoms with Crippen LogP contribution >= 0.6 is 106 Å². The number of anilines is 2. The number of rotatable bonds is 8. The zero-order valence-corrected chi connectivity index (χ0v) is 59.3. The third-order valence-electron chi connectivity index (χ3n) is 11.6. The summed E-state index contributed by atoms with van der Waals surface area (Å²) in [6, 6.07) is 38.3. The van der Waals surface area contributed by atoms with E-state index < -0.39 is 11.1 Å². The summed E-state index contributed by atoms with van der Waals surface area (Å²) in [5, 5.41) is 49.8. The van der Waals surface area contributed by atoms with Crippen molar-refractivity contribution < 1.29 is 79.3 Å². The molecule has 1 aromatic heterocycles. The molecule has 78 heavy (non-hydrogen) atoms. The molecule has 8 rings (SSSR count). The molecule has 0 radical (unpaired) electrons. The number of nitrogen functional groups attached to an aromatic ring is 2. The van der Waals surface area contributed by atoms with E-state index in [1.165, 1.54) is 54.8 Å². The monoisotopic (exact) mass is 1590 g/mol. The number of nitriles is 3. The zero-order chi connectivity index (χ0) is 55.8. The molecular weight excluding hydrogens is 1520 g/mol. The first kappa shape index (κ1) is 77.7. The normalized spacial score (nSPS) is 14.3. The van der Waals surface area contributed by atoms with E-state index in [1.807, 2.05) is 85.8 Å². The second kappa shape index (κ2) is 43.3. The van der Waals surface area contributed by atoms with Crippen LogP contribution in [0.5, 0.6) is 0 Å². The first-order chi connectivity index (χ1) is 35.7. The number of nitrogens with two attached hydrogens (primary N) is 2. The van der Waals surface area contributed by atoms with Crippen LogP contribution in [0.2, 0.25) is 0 Å². The van der Waals surface area contributed by atoms with Crippen molar-refractivity contribution in [2.75, 3.05) is 16.8 Å². The molecule has 0 amide bonds. The molecule has 5 N–H and O–H groups in total. The molecule has 0 spiro atoms. The van der Waals surface area contributed by atoms with Gasteiger partial charge < -0.3 is 26.9 Å². The minimum atomic E-state index is -0.750. The Hall–Kier alpha value is -2.38. The summed E-state index contributed by atoms with van der Waals surface area (Å²) in [6.07, 6.45) is 14.3. The molecule has 0 bridgehead atoms. The van der Waals surface area contributed by atoms with Crippen molar-refractivity contribution in [3.05, 3.63) is 134 Å². The van der Waals surface area contributed by atoms with Gasteiger partial charge >= 0.3 is 65.3 Å². The Kier molecular flexibility index (Phi) is 43.1. The van der Waals surface area contributed by atoms with E-state index in [4.69, 9.17) is 38.2 Å².